The maximum Gasteiger partial charge on any atom is 0.112 e. The van der Waals surface area contributed by atoms with Crippen molar-refractivity contribution in [1.82, 2.24) is 0 Å². The Balaban J connectivity index is 2.62. The molecule has 0 aliphatic heterocycles. The molecule has 1 atom stereocenters. The molecule has 1 heteroatoms. The molecule has 0 fully saturated rings. The Morgan fingerprint density at radius 1 is 0.778 bits per heavy atom. The van der Waals surface area contributed by atoms with Crippen molar-refractivity contribution < 1.29 is 5.11 Å². The standard InChI is InChI=1S/C17H20O/c1-12-9-7-11-16(14(12)3)17(4,18)15-10-6-5-8-13(15)2/h5-11,18H,1-4H3. The molecule has 18 heavy (non-hydrogen) atoms. The van der Waals surface area contributed by atoms with Gasteiger partial charge in [0.2, 0.25) is 0 Å². The minimum Gasteiger partial charge on any atom is -0.381 e. The van der Waals surface area contributed by atoms with Crippen molar-refractivity contribution in [2.75, 3.05) is 0 Å². The summed E-state index contributed by atoms with van der Waals surface area (Å²) in [6.45, 7) is 8.05. The first kappa shape index (κ1) is 12.8. The maximum atomic E-state index is 10.9. The summed E-state index contributed by atoms with van der Waals surface area (Å²) in [5.41, 5.74) is 4.49. The van der Waals surface area contributed by atoms with Crippen LogP contribution in [0.2, 0.25) is 0 Å². The van der Waals surface area contributed by atoms with Crippen LogP contribution in [-0.4, -0.2) is 5.11 Å². The Kier molecular flexibility index (Phi) is 3.27. The van der Waals surface area contributed by atoms with Crippen molar-refractivity contribution >= 4 is 0 Å². The highest BCUT2D eigenvalue weighted by atomic mass is 16.3. The third kappa shape index (κ3) is 2.06. The highest BCUT2D eigenvalue weighted by molar-refractivity contribution is 5.45. The molecular formula is C17H20O. The zero-order valence-corrected chi connectivity index (χ0v) is 11.5. The van der Waals surface area contributed by atoms with E-state index in [1.165, 1.54) is 5.56 Å². The fourth-order valence-corrected chi connectivity index (χ4v) is 2.54. The van der Waals surface area contributed by atoms with Crippen LogP contribution in [0.3, 0.4) is 0 Å². The average molecular weight is 240 g/mol. The number of aryl methyl sites for hydroxylation is 2. The molecule has 0 saturated heterocycles. The molecule has 94 valence electrons. The zero-order valence-electron chi connectivity index (χ0n) is 11.5. The van der Waals surface area contributed by atoms with Gasteiger partial charge in [-0.2, -0.15) is 0 Å². The van der Waals surface area contributed by atoms with Crippen LogP contribution in [0.25, 0.3) is 0 Å². The summed E-state index contributed by atoms with van der Waals surface area (Å²) in [7, 11) is 0. The number of rotatable bonds is 2. The van der Waals surface area contributed by atoms with E-state index < -0.39 is 5.60 Å². The molecule has 0 heterocycles. The van der Waals surface area contributed by atoms with Gasteiger partial charge in [0, 0.05) is 0 Å². The van der Waals surface area contributed by atoms with Gasteiger partial charge < -0.3 is 5.11 Å². The minimum absolute atomic E-state index is 0.943. The van der Waals surface area contributed by atoms with Crippen LogP contribution in [0.5, 0.6) is 0 Å². The summed E-state index contributed by atoms with van der Waals surface area (Å²) >= 11 is 0. The van der Waals surface area contributed by atoms with Gasteiger partial charge in [-0.05, 0) is 55.5 Å². The van der Waals surface area contributed by atoms with E-state index in [4.69, 9.17) is 0 Å². The zero-order chi connectivity index (χ0) is 13.3. The van der Waals surface area contributed by atoms with Crippen molar-refractivity contribution in [3.05, 3.63) is 70.3 Å². The molecule has 0 saturated carbocycles. The molecule has 0 spiro atoms. The van der Waals surface area contributed by atoms with Gasteiger partial charge >= 0.3 is 0 Å². The molecule has 0 radical (unpaired) electrons. The molecule has 1 nitrogen and oxygen atoms in total. The molecule has 2 aromatic carbocycles. The third-order valence-corrected chi connectivity index (χ3v) is 3.80. The lowest BCUT2D eigenvalue weighted by Gasteiger charge is -2.28. The Morgan fingerprint density at radius 2 is 1.33 bits per heavy atom. The van der Waals surface area contributed by atoms with Crippen LogP contribution in [0.15, 0.2) is 42.5 Å². The lowest BCUT2D eigenvalue weighted by molar-refractivity contribution is 0.101. The van der Waals surface area contributed by atoms with Gasteiger partial charge in [0.25, 0.3) is 0 Å². The van der Waals surface area contributed by atoms with Crippen LogP contribution >= 0.6 is 0 Å². The van der Waals surface area contributed by atoms with Gasteiger partial charge in [0.15, 0.2) is 0 Å². The van der Waals surface area contributed by atoms with E-state index in [1.807, 2.05) is 50.2 Å². The largest absolute Gasteiger partial charge is 0.381 e. The van der Waals surface area contributed by atoms with E-state index in [2.05, 4.69) is 19.9 Å². The summed E-state index contributed by atoms with van der Waals surface area (Å²) in [5, 5.41) is 10.9. The van der Waals surface area contributed by atoms with Crippen LogP contribution < -0.4 is 0 Å². The molecule has 1 N–H and O–H groups in total. The maximum absolute atomic E-state index is 10.9. The molecule has 2 rings (SSSR count). The van der Waals surface area contributed by atoms with Gasteiger partial charge in [0.05, 0.1) is 0 Å². The van der Waals surface area contributed by atoms with Crippen molar-refractivity contribution in [1.29, 1.82) is 0 Å². The van der Waals surface area contributed by atoms with Crippen molar-refractivity contribution in [3.8, 4) is 0 Å². The van der Waals surface area contributed by atoms with E-state index in [9.17, 15) is 5.11 Å². The second-order valence-corrected chi connectivity index (χ2v) is 5.13. The monoisotopic (exact) mass is 240 g/mol. The Morgan fingerprint density at radius 3 is 2.00 bits per heavy atom. The first-order valence-electron chi connectivity index (χ1n) is 6.29. The highest BCUT2D eigenvalue weighted by Crippen LogP contribution is 2.33. The molecule has 0 amide bonds. The molecule has 0 aliphatic rings. The lowest BCUT2D eigenvalue weighted by Crippen LogP contribution is -2.25. The predicted octanol–water partition coefficient (Wildman–Crippen LogP) is 3.87. The minimum atomic E-state index is -0.943. The topological polar surface area (TPSA) is 20.2 Å². The second-order valence-electron chi connectivity index (χ2n) is 5.13. The van der Waals surface area contributed by atoms with Crippen molar-refractivity contribution in [3.63, 3.8) is 0 Å². The van der Waals surface area contributed by atoms with E-state index in [1.54, 1.807) is 0 Å². The van der Waals surface area contributed by atoms with Crippen LogP contribution in [0.4, 0.5) is 0 Å². The fourth-order valence-electron chi connectivity index (χ4n) is 2.54. The number of hydrogen-bond acceptors (Lipinski definition) is 1. The number of aliphatic hydroxyl groups is 1. The van der Waals surface area contributed by atoms with Gasteiger partial charge in [-0.3, -0.25) is 0 Å². The smallest absolute Gasteiger partial charge is 0.112 e. The van der Waals surface area contributed by atoms with E-state index in [-0.39, 0.29) is 0 Å². The van der Waals surface area contributed by atoms with E-state index >= 15 is 0 Å². The quantitative estimate of drug-likeness (QED) is 0.845. The Hall–Kier alpha value is -1.60. The Labute approximate surface area is 109 Å². The van der Waals surface area contributed by atoms with Gasteiger partial charge in [-0.25, -0.2) is 0 Å². The molecule has 0 aromatic heterocycles. The fraction of sp³-hybridized carbons (Fsp3) is 0.294. The normalized spacial score (nSPS) is 14.3. The molecule has 1 unspecified atom stereocenters. The van der Waals surface area contributed by atoms with Crippen molar-refractivity contribution in [2.45, 2.75) is 33.3 Å². The molecule has 2 aromatic rings. The Bertz CT molecular complexity index is 568. The van der Waals surface area contributed by atoms with Gasteiger partial charge in [-0.15, -0.1) is 0 Å². The first-order valence-corrected chi connectivity index (χ1v) is 6.29. The van der Waals surface area contributed by atoms with Gasteiger partial charge in [-0.1, -0.05) is 42.5 Å². The third-order valence-electron chi connectivity index (χ3n) is 3.80. The predicted molar refractivity (Wildman–Crippen MR) is 75.8 cm³/mol. The van der Waals surface area contributed by atoms with Crippen LogP contribution in [-0.2, 0) is 5.60 Å². The summed E-state index contributed by atoms with van der Waals surface area (Å²) in [5.74, 6) is 0. The summed E-state index contributed by atoms with van der Waals surface area (Å²) < 4.78 is 0. The number of benzene rings is 2. The van der Waals surface area contributed by atoms with Crippen LogP contribution in [0, 0.1) is 20.8 Å². The molecule has 0 aliphatic carbocycles. The van der Waals surface area contributed by atoms with Crippen molar-refractivity contribution in [2.24, 2.45) is 0 Å². The van der Waals surface area contributed by atoms with Gasteiger partial charge in [0.1, 0.15) is 5.60 Å². The molecular weight excluding hydrogens is 220 g/mol. The lowest BCUT2D eigenvalue weighted by atomic mass is 9.82. The van der Waals surface area contributed by atoms with E-state index in [0.717, 1.165) is 22.3 Å². The molecule has 0 bridgehead atoms. The summed E-state index contributed by atoms with van der Waals surface area (Å²) in [6, 6.07) is 14.1. The number of hydrogen-bond donors (Lipinski definition) is 1. The summed E-state index contributed by atoms with van der Waals surface area (Å²) in [6.07, 6.45) is 0. The summed E-state index contributed by atoms with van der Waals surface area (Å²) in [4.78, 5) is 0. The second kappa shape index (κ2) is 4.58. The van der Waals surface area contributed by atoms with Crippen LogP contribution in [0.1, 0.15) is 34.7 Å². The SMILES string of the molecule is Cc1ccccc1C(C)(O)c1cccc(C)c1C. The first-order chi connectivity index (χ1) is 8.44. The van der Waals surface area contributed by atoms with E-state index in [0.29, 0.717) is 0 Å². The highest BCUT2D eigenvalue weighted by Gasteiger charge is 2.28. The average Bonchev–Trinajstić information content (AvgIpc) is 2.32.